The lowest BCUT2D eigenvalue weighted by Gasteiger charge is -2.40. The van der Waals surface area contributed by atoms with Gasteiger partial charge in [0.2, 0.25) is 0 Å². The van der Waals surface area contributed by atoms with Crippen molar-refractivity contribution < 1.29 is 4.74 Å². The molecule has 1 aromatic rings. The van der Waals surface area contributed by atoms with Gasteiger partial charge in [-0.05, 0) is 56.6 Å². The van der Waals surface area contributed by atoms with E-state index in [2.05, 4.69) is 42.5 Å². The number of nitrogens with zero attached hydrogens (tertiary/aromatic N) is 1. The molecule has 0 amide bonds. The van der Waals surface area contributed by atoms with Crippen molar-refractivity contribution in [1.82, 2.24) is 10.2 Å². The fourth-order valence-corrected chi connectivity index (χ4v) is 3.70. The number of rotatable bonds is 4. The Morgan fingerprint density at radius 2 is 2.21 bits per heavy atom. The number of hydrogen-bond donors (Lipinski definition) is 1. The maximum absolute atomic E-state index is 5.42. The van der Waals surface area contributed by atoms with Gasteiger partial charge in [-0.25, -0.2) is 0 Å². The molecular formula is C16H24N2O. The average molecular weight is 260 g/mol. The Bertz CT molecular complexity index is 468. The molecule has 0 saturated heterocycles. The quantitative estimate of drug-likeness (QED) is 0.898. The second kappa shape index (κ2) is 4.80. The molecule has 3 nitrogen and oxygen atoms in total. The Kier molecular flexibility index (Phi) is 3.27. The standard InChI is InChI=1S/C16H24N2O/c1-17-11-16(7-8-16)15-14-10-13(19-3)5-4-12(14)6-9-18(15)2/h4-5,10,15,17H,6-9,11H2,1-3H3. The number of fused-ring (bicyclic) bond motifs is 1. The van der Waals surface area contributed by atoms with E-state index in [4.69, 9.17) is 4.74 Å². The van der Waals surface area contributed by atoms with Crippen LogP contribution in [0.25, 0.3) is 0 Å². The van der Waals surface area contributed by atoms with E-state index < -0.39 is 0 Å². The van der Waals surface area contributed by atoms with Crippen molar-refractivity contribution in [3.8, 4) is 5.75 Å². The summed E-state index contributed by atoms with van der Waals surface area (Å²) < 4.78 is 5.42. The molecule has 19 heavy (non-hydrogen) atoms. The number of likely N-dealkylation sites (N-methyl/N-ethyl adjacent to an activating group) is 1. The largest absolute Gasteiger partial charge is 0.497 e. The highest BCUT2D eigenvalue weighted by atomic mass is 16.5. The van der Waals surface area contributed by atoms with Gasteiger partial charge in [0.1, 0.15) is 5.75 Å². The Balaban J connectivity index is 2.00. The highest BCUT2D eigenvalue weighted by Gasteiger charge is 2.52. The molecular weight excluding hydrogens is 236 g/mol. The van der Waals surface area contributed by atoms with Crippen LogP contribution in [0.4, 0.5) is 0 Å². The van der Waals surface area contributed by atoms with Crippen LogP contribution in [0.1, 0.15) is 30.0 Å². The van der Waals surface area contributed by atoms with Crippen molar-refractivity contribution in [1.29, 1.82) is 0 Å². The summed E-state index contributed by atoms with van der Waals surface area (Å²) in [6.07, 6.45) is 3.82. The van der Waals surface area contributed by atoms with Crippen LogP contribution < -0.4 is 10.1 Å². The molecule has 104 valence electrons. The summed E-state index contributed by atoms with van der Waals surface area (Å²) in [4.78, 5) is 2.53. The van der Waals surface area contributed by atoms with Gasteiger partial charge in [-0.2, -0.15) is 0 Å². The molecule has 1 aromatic carbocycles. The Morgan fingerprint density at radius 3 is 2.84 bits per heavy atom. The number of methoxy groups -OCH3 is 1. The molecule has 1 unspecified atom stereocenters. The van der Waals surface area contributed by atoms with Crippen molar-refractivity contribution in [3.63, 3.8) is 0 Å². The van der Waals surface area contributed by atoms with Gasteiger partial charge in [0, 0.05) is 24.5 Å². The molecule has 2 aliphatic rings. The molecule has 1 heterocycles. The zero-order valence-electron chi connectivity index (χ0n) is 12.2. The summed E-state index contributed by atoms with van der Waals surface area (Å²) in [7, 11) is 6.09. The van der Waals surface area contributed by atoms with Gasteiger partial charge in [-0.1, -0.05) is 6.07 Å². The highest BCUT2D eigenvalue weighted by molar-refractivity contribution is 5.41. The predicted octanol–water partition coefficient (Wildman–Crippen LogP) is 2.22. The Hall–Kier alpha value is -1.06. The SMILES string of the molecule is CNCC1(C2c3cc(OC)ccc3CCN2C)CC1. The fraction of sp³-hybridized carbons (Fsp3) is 0.625. The monoisotopic (exact) mass is 260 g/mol. The van der Waals surface area contributed by atoms with Crippen molar-refractivity contribution >= 4 is 0 Å². The van der Waals surface area contributed by atoms with Crippen LogP contribution in [-0.4, -0.2) is 39.2 Å². The number of nitrogens with one attached hydrogen (secondary N) is 1. The zero-order chi connectivity index (χ0) is 13.5. The third-order valence-corrected chi connectivity index (χ3v) is 4.82. The van der Waals surface area contributed by atoms with Crippen molar-refractivity contribution in [3.05, 3.63) is 29.3 Å². The van der Waals surface area contributed by atoms with Crippen LogP contribution in [0.5, 0.6) is 5.75 Å². The van der Waals surface area contributed by atoms with Crippen molar-refractivity contribution in [2.75, 3.05) is 34.3 Å². The first-order valence-electron chi connectivity index (χ1n) is 7.22. The second-order valence-electron chi connectivity index (χ2n) is 6.09. The molecule has 1 aliphatic heterocycles. The smallest absolute Gasteiger partial charge is 0.119 e. The van der Waals surface area contributed by atoms with E-state index in [0.29, 0.717) is 11.5 Å². The molecule has 3 heteroatoms. The van der Waals surface area contributed by atoms with Gasteiger partial charge >= 0.3 is 0 Å². The first-order chi connectivity index (χ1) is 9.20. The van der Waals surface area contributed by atoms with E-state index in [1.54, 1.807) is 7.11 Å². The minimum atomic E-state index is 0.436. The molecule has 1 N–H and O–H groups in total. The summed E-state index contributed by atoms with van der Waals surface area (Å²) in [6, 6.07) is 7.15. The van der Waals surface area contributed by atoms with E-state index >= 15 is 0 Å². The first-order valence-corrected chi connectivity index (χ1v) is 7.22. The van der Waals surface area contributed by atoms with Gasteiger partial charge in [0.05, 0.1) is 7.11 Å². The summed E-state index contributed by atoms with van der Waals surface area (Å²) in [5.74, 6) is 0.985. The van der Waals surface area contributed by atoms with Crippen LogP contribution in [0.3, 0.4) is 0 Å². The van der Waals surface area contributed by atoms with E-state index in [1.165, 1.54) is 24.0 Å². The van der Waals surface area contributed by atoms with E-state index in [-0.39, 0.29) is 0 Å². The molecule has 0 bridgehead atoms. The van der Waals surface area contributed by atoms with Gasteiger partial charge in [-0.15, -0.1) is 0 Å². The van der Waals surface area contributed by atoms with Gasteiger partial charge in [0.25, 0.3) is 0 Å². The van der Waals surface area contributed by atoms with E-state index in [0.717, 1.165) is 25.3 Å². The minimum absolute atomic E-state index is 0.436. The van der Waals surface area contributed by atoms with Gasteiger partial charge in [0.15, 0.2) is 0 Å². The molecule has 1 saturated carbocycles. The van der Waals surface area contributed by atoms with Crippen LogP contribution in [0.15, 0.2) is 18.2 Å². The van der Waals surface area contributed by atoms with E-state index in [1.807, 2.05) is 0 Å². The molecule has 0 spiro atoms. The number of ether oxygens (including phenoxy) is 1. The van der Waals surface area contributed by atoms with E-state index in [9.17, 15) is 0 Å². The van der Waals surface area contributed by atoms with Gasteiger partial charge in [-0.3, -0.25) is 4.90 Å². The van der Waals surface area contributed by atoms with Crippen LogP contribution >= 0.6 is 0 Å². The van der Waals surface area contributed by atoms with Crippen LogP contribution in [0.2, 0.25) is 0 Å². The predicted molar refractivity (Wildman–Crippen MR) is 77.7 cm³/mol. The summed E-state index contributed by atoms with van der Waals surface area (Å²) in [6.45, 7) is 2.27. The van der Waals surface area contributed by atoms with Crippen LogP contribution in [-0.2, 0) is 6.42 Å². The molecule has 1 atom stereocenters. The van der Waals surface area contributed by atoms with Crippen molar-refractivity contribution in [2.24, 2.45) is 5.41 Å². The molecule has 1 fully saturated rings. The molecule has 3 rings (SSSR count). The normalized spacial score (nSPS) is 24.9. The van der Waals surface area contributed by atoms with Crippen LogP contribution in [0, 0.1) is 5.41 Å². The van der Waals surface area contributed by atoms with Gasteiger partial charge < -0.3 is 10.1 Å². The lowest BCUT2D eigenvalue weighted by atomic mass is 9.82. The molecule has 1 aliphatic carbocycles. The fourth-order valence-electron chi connectivity index (χ4n) is 3.70. The zero-order valence-corrected chi connectivity index (χ0v) is 12.2. The third kappa shape index (κ3) is 2.15. The average Bonchev–Trinajstić information content (AvgIpc) is 3.18. The second-order valence-corrected chi connectivity index (χ2v) is 6.09. The highest BCUT2D eigenvalue weighted by Crippen LogP contribution is 2.58. The Morgan fingerprint density at radius 1 is 1.42 bits per heavy atom. The topological polar surface area (TPSA) is 24.5 Å². The third-order valence-electron chi connectivity index (χ3n) is 4.82. The lowest BCUT2D eigenvalue weighted by Crippen LogP contribution is -2.40. The Labute approximate surface area is 115 Å². The summed E-state index contributed by atoms with van der Waals surface area (Å²) in [5.41, 5.74) is 3.43. The number of benzene rings is 1. The summed E-state index contributed by atoms with van der Waals surface area (Å²) in [5, 5.41) is 3.39. The maximum Gasteiger partial charge on any atom is 0.119 e. The minimum Gasteiger partial charge on any atom is -0.497 e. The van der Waals surface area contributed by atoms with Crippen molar-refractivity contribution in [2.45, 2.75) is 25.3 Å². The maximum atomic E-state index is 5.42. The number of hydrogen-bond acceptors (Lipinski definition) is 3. The molecule has 0 aromatic heterocycles. The summed E-state index contributed by atoms with van der Waals surface area (Å²) >= 11 is 0. The lowest BCUT2D eigenvalue weighted by molar-refractivity contribution is 0.147. The first kappa shape index (κ1) is 12.9. The molecule has 0 radical (unpaired) electrons.